The van der Waals surface area contributed by atoms with Gasteiger partial charge in [-0.2, -0.15) is 0 Å². The molecule has 0 saturated carbocycles. The lowest BCUT2D eigenvalue weighted by Crippen LogP contribution is -2.04. The van der Waals surface area contributed by atoms with Crippen LogP contribution >= 0.6 is 34.8 Å². The van der Waals surface area contributed by atoms with E-state index in [1.807, 2.05) is 27.2 Å². The summed E-state index contributed by atoms with van der Waals surface area (Å²) in [5.74, 6) is -0.214. The number of rotatable bonds is 8. The Labute approximate surface area is 141 Å². The normalized spacial score (nSPS) is 11.4. The first-order valence-electron chi connectivity index (χ1n) is 6.77. The number of imidazole rings is 1. The van der Waals surface area contributed by atoms with E-state index in [0.29, 0.717) is 28.2 Å². The Hall–Kier alpha value is -0.510. The second-order valence-electron chi connectivity index (χ2n) is 4.68. The van der Waals surface area contributed by atoms with Gasteiger partial charge in [0.05, 0.1) is 27.8 Å². The molecule has 1 aromatic heterocycles. The molecule has 0 saturated heterocycles. The number of aromatic nitrogens is 2. The monoisotopic (exact) mass is 424 g/mol. The molecule has 7 heteroatoms. The van der Waals surface area contributed by atoms with E-state index < -0.39 is 0 Å². The number of H-pyrrole nitrogens is 1. The Morgan fingerprint density at radius 1 is 1.29 bits per heavy atom. The van der Waals surface area contributed by atoms with Crippen LogP contribution in [0.4, 0.5) is 4.39 Å². The summed E-state index contributed by atoms with van der Waals surface area (Å²) in [5, 5.41) is 0. The summed E-state index contributed by atoms with van der Waals surface area (Å²) in [6, 6.07) is 3.32. The number of methoxy groups -OCH3 is 1. The topological polar surface area (TPSA) is 39.2 Å². The highest BCUT2D eigenvalue weighted by atomic mass is 127. The molecule has 2 rings (SSSR count). The molecule has 1 N–H and O–H groups in total. The molecule has 21 heavy (non-hydrogen) atoms. The molecule has 0 amide bonds. The highest BCUT2D eigenvalue weighted by Crippen LogP contribution is 2.21. The summed E-state index contributed by atoms with van der Waals surface area (Å²) in [6.07, 6.45) is 1.87. The van der Waals surface area contributed by atoms with E-state index in [4.69, 9.17) is 21.7 Å². The Bertz CT molecular complexity index is 656. The Balaban J connectivity index is 1.94. The minimum Gasteiger partial charge on any atom is -0.382 e. The van der Waals surface area contributed by atoms with E-state index in [1.165, 1.54) is 0 Å². The van der Waals surface area contributed by atoms with Gasteiger partial charge in [-0.1, -0.05) is 0 Å². The Kier molecular flexibility index (Phi) is 6.59. The van der Waals surface area contributed by atoms with Crippen molar-refractivity contribution < 1.29 is 13.9 Å². The van der Waals surface area contributed by atoms with Gasteiger partial charge in [0.1, 0.15) is 5.82 Å². The molecule has 1 aromatic carbocycles. The van der Waals surface area contributed by atoms with Crippen molar-refractivity contribution in [1.29, 1.82) is 0 Å². The lowest BCUT2D eigenvalue weighted by molar-refractivity contribution is 0.0684. The van der Waals surface area contributed by atoms with Crippen molar-refractivity contribution in [3.8, 4) is 0 Å². The average Bonchev–Trinajstić information content (AvgIpc) is 2.74. The van der Waals surface area contributed by atoms with E-state index in [0.717, 1.165) is 30.4 Å². The van der Waals surface area contributed by atoms with Crippen molar-refractivity contribution in [2.75, 3.05) is 26.9 Å². The van der Waals surface area contributed by atoms with Crippen LogP contribution in [0.3, 0.4) is 0 Å². The molecule has 0 radical (unpaired) electrons. The number of ether oxygens (including phenoxy) is 2. The SMILES string of the molecule is COCCOCCCCn1c(=S)[nH]c2cc(I)c(F)cc21. The van der Waals surface area contributed by atoms with Crippen molar-refractivity contribution in [2.24, 2.45) is 0 Å². The van der Waals surface area contributed by atoms with Crippen molar-refractivity contribution in [3.63, 3.8) is 0 Å². The first-order chi connectivity index (χ1) is 10.1. The number of nitrogens with zero attached hydrogens (tertiary/aromatic N) is 1. The van der Waals surface area contributed by atoms with Crippen LogP contribution in [0.15, 0.2) is 12.1 Å². The number of hydrogen-bond donors (Lipinski definition) is 1. The molecule has 0 bridgehead atoms. The number of aryl methyl sites for hydroxylation is 1. The summed E-state index contributed by atoms with van der Waals surface area (Å²) in [4.78, 5) is 3.12. The van der Waals surface area contributed by atoms with Crippen LogP contribution in [0.5, 0.6) is 0 Å². The quantitative estimate of drug-likeness (QED) is 0.397. The van der Waals surface area contributed by atoms with E-state index in [-0.39, 0.29) is 5.82 Å². The van der Waals surface area contributed by atoms with Crippen LogP contribution in [0.25, 0.3) is 11.0 Å². The number of fused-ring (bicyclic) bond motifs is 1. The van der Waals surface area contributed by atoms with E-state index >= 15 is 0 Å². The van der Waals surface area contributed by atoms with Crippen LogP contribution in [-0.2, 0) is 16.0 Å². The third-order valence-electron chi connectivity index (χ3n) is 3.17. The van der Waals surface area contributed by atoms with Gasteiger partial charge in [0.25, 0.3) is 0 Å². The van der Waals surface area contributed by atoms with Gasteiger partial charge < -0.3 is 19.0 Å². The molecule has 116 valence electrons. The lowest BCUT2D eigenvalue weighted by atomic mass is 10.3. The van der Waals surface area contributed by atoms with E-state index in [1.54, 1.807) is 19.2 Å². The second-order valence-corrected chi connectivity index (χ2v) is 6.23. The predicted molar refractivity (Wildman–Crippen MR) is 91.7 cm³/mol. The van der Waals surface area contributed by atoms with E-state index in [2.05, 4.69) is 4.98 Å². The summed E-state index contributed by atoms with van der Waals surface area (Å²) >= 11 is 7.29. The molecule has 0 unspecified atom stereocenters. The van der Waals surface area contributed by atoms with Crippen LogP contribution in [0, 0.1) is 14.2 Å². The fourth-order valence-corrected chi connectivity index (χ4v) is 2.86. The minimum absolute atomic E-state index is 0.214. The molecular formula is C14H18FIN2O2S. The molecule has 1 heterocycles. The van der Waals surface area contributed by atoms with Gasteiger partial charge in [0, 0.05) is 26.3 Å². The number of nitrogens with one attached hydrogen (secondary N) is 1. The van der Waals surface area contributed by atoms with Crippen LogP contribution in [-0.4, -0.2) is 36.5 Å². The number of halogens is 2. The first kappa shape index (κ1) is 16.9. The maximum absolute atomic E-state index is 13.7. The molecule has 0 aliphatic carbocycles. The van der Waals surface area contributed by atoms with Gasteiger partial charge in [0.15, 0.2) is 4.77 Å². The van der Waals surface area contributed by atoms with Gasteiger partial charge >= 0.3 is 0 Å². The zero-order chi connectivity index (χ0) is 15.2. The molecule has 2 aromatic rings. The fraction of sp³-hybridized carbons (Fsp3) is 0.500. The zero-order valence-corrected chi connectivity index (χ0v) is 14.8. The standard InChI is InChI=1S/C14H18FIN2O2S/c1-19-6-7-20-5-3-2-4-18-13-8-10(15)11(16)9-12(13)17-14(18)21/h8-9H,2-7H2,1H3,(H,17,21). The predicted octanol–water partition coefficient (Wildman–Crippen LogP) is 3.89. The smallest absolute Gasteiger partial charge is 0.178 e. The third kappa shape index (κ3) is 4.48. The van der Waals surface area contributed by atoms with Crippen molar-refractivity contribution in [3.05, 3.63) is 26.3 Å². The van der Waals surface area contributed by atoms with Gasteiger partial charge in [-0.05, 0) is 53.7 Å². The maximum Gasteiger partial charge on any atom is 0.178 e. The summed E-state index contributed by atoms with van der Waals surface area (Å²) in [6.45, 7) is 2.69. The molecule has 0 aliphatic heterocycles. The Morgan fingerprint density at radius 2 is 2.10 bits per heavy atom. The lowest BCUT2D eigenvalue weighted by Gasteiger charge is -2.06. The first-order valence-corrected chi connectivity index (χ1v) is 8.26. The Morgan fingerprint density at radius 3 is 2.86 bits per heavy atom. The fourth-order valence-electron chi connectivity index (χ4n) is 2.09. The molecule has 0 atom stereocenters. The third-order valence-corrected chi connectivity index (χ3v) is 4.32. The summed E-state index contributed by atoms with van der Waals surface area (Å²) < 4.78 is 27.2. The van der Waals surface area contributed by atoms with Gasteiger partial charge in [-0.15, -0.1) is 0 Å². The van der Waals surface area contributed by atoms with Crippen LogP contribution in [0.2, 0.25) is 0 Å². The number of hydrogen-bond acceptors (Lipinski definition) is 3. The van der Waals surface area contributed by atoms with Gasteiger partial charge in [-0.25, -0.2) is 4.39 Å². The summed E-state index contributed by atoms with van der Waals surface area (Å²) in [5.41, 5.74) is 1.69. The van der Waals surface area contributed by atoms with Crippen molar-refractivity contribution in [2.45, 2.75) is 19.4 Å². The average molecular weight is 424 g/mol. The molecule has 4 nitrogen and oxygen atoms in total. The molecular weight excluding hydrogens is 406 g/mol. The zero-order valence-electron chi connectivity index (χ0n) is 11.8. The molecule has 0 spiro atoms. The molecule has 0 fully saturated rings. The second kappa shape index (κ2) is 8.21. The maximum atomic E-state index is 13.7. The largest absolute Gasteiger partial charge is 0.382 e. The number of aromatic amines is 1. The highest BCUT2D eigenvalue weighted by Gasteiger charge is 2.08. The van der Waals surface area contributed by atoms with E-state index in [9.17, 15) is 4.39 Å². The van der Waals surface area contributed by atoms with Gasteiger partial charge in [0.2, 0.25) is 0 Å². The minimum atomic E-state index is -0.214. The number of unbranched alkanes of at least 4 members (excludes halogenated alkanes) is 1. The van der Waals surface area contributed by atoms with Crippen LogP contribution in [0.1, 0.15) is 12.8 Å². The highest BCUT2D eigenvalue weighted by molar-refractivity contribution is 14.1. The van der Waals surface area contributed by atoms with Crippen molar-refractivity contribution in [1.82, 2.24) is 9.55 Å². The van der Waals surface area contributed by atoms with Crippen LogP contribution < -0.4 is 0 Å². The van der Waals surface area contributed by atoms with Crippen molar-refractivity contribution >= 4 is 45.8 Å². The number of benzene rings is 1. The summed E-state index contributed by atoms with van der Waals surface area (Å²) in [7, 11) is 1.66. The molecule has 0 aliphatic rings. The van der Waals surface area contributed by atoms with Gasteiger partial charge in [-0.3, -0.25) is 0 Å².